The van der Waals surface area contributed by atoms with Crippen molar-refractivity contribution < 1.29 is 4.74 Å². The molecule has 114 valence electrons. The first-order valence-corrected chi connectivity index (χ1v) is 7.46. The second-order valence-corrected chi connectivity index (χ2v) is 7.37. The molecular weight excluding hydrogens is 260 g/mol. The van der Waals surface area contributed by atoms with Gasteiger partial charge >= 0.3 is 0 Å². The summed E-state index contributed by atoms with van der Waals surface area (Å²) >= 11 is 0. The van der Waals surface area contributed by atoms with Crippen molar-refractivity contribution in [2.45, 2.75) is 71.7 Å². The Bertz CT molecular complexity index is 284. The zero-order valence-corrected chi connectivity index (χ0v) is 14.0. The fourth-order valence-electron chi connectivity index (χ4n) is 3.22. The number of ether oxygens (including phenoxy) is 1. The highest BCUT2D eigenvalue weighted by Crippen LogP contribution is 2.32. The van der Waals surface area contributed by atoms with Gasteiger partial charge in [-0.15, -0.1) is 12.4 Å². The molecule has 0 spiro atoms. The Hall–Kier alpha value is 0.170. The summed E-state index contributed by atoms with van der Waals surface area (Å²) < 4.78 is 6.13. The SMILES string of the molecule is CC(C)N1CCCC1CC1(C)NCC(C)(C)CO1.Cl. The number of nitrogens with one attached hydrogen (secondary N) is 1. The molecule has 2 saturated heterocycles. The zero-order chi connectivity index (χ0) is 13.4. The lowest BCUT2D eigenvalue weighted by Gasteiger charge is -2.45. The van der Waals surface area contributed by atoms with Crippen LogP contribution in [0.15, 0.2) is 0 Å². The van der Waals surface area contributed by atoms with Crippen LogP contribution in [0.25, 0.3) is 0 Å². The van der Waals surface area contributed by atoms with E-state index in [2.05, 4.69) is 44.8 Å². The first kappa shape index (κ1) is 17.2. The van der Waals surface area contributed by atoms with Crippen molar-refractivity contribution in [3.8, 4) is 0 Å². The molecule has 3 nitrogen and oxygen atoms in total. The maximum absolute atomic E-state index is 6.13. The molecule has 0 aromatic rings. The predicted octanol–water partition coefficient (Wildman–Crippen LogP) is 3.03. The molecule has 2 aliphatic heterocycles. The molecule has 0 amide bonds. The van der Waals surface area contributed by atoms with Gasteiger partial charge in [-0.1, -0.05) is 13.8 Å². The molecule has 0 aliphatic carbocycles. The number of halogens is 1. The Morgan fingerprint density at radius 1 is 1.32 bits per heavy atom. The monoisotopic (exact) mass is 290 g/mol. The van der Waals surface area contributed by atoms with Crippen LogP contribution >= 0.6 is 12.4 Å². The third-order valence-corrected chi connectivity index (χ3v) is 4.43. The largest absolute Gasteiger partial charge is 0.360 e. The van der Waals surface area contributed by atoms with Gasteiger partial charge in [-0.25, -0.2) is 0 Å². The number of rotatable bonds is 3. The first-order valence-electron chi connectivity index (χ1n) is 7.46. The fraction of sp³-hybridized carbons (Fsp3) is 1.00. The molecule has 1 N–H and O–H groups in total. The van der Waals surface area contributed by atoms with Gasteiger partial charge in [-0.05, 0) is 40.2 Å². The molecule has 0 saturated carbocycles. The number of hydrogen-bond donors (Lipinski definition) is 1. The number of likely N-dealkylation sites (tertiary alicyclic amines) is 1. The van der Waals surface area contributed by atoms with Gasteiger partial charge in [0.2, 0.25) is 0 Å². The highest BCUT2D eigenvalue weighted by atomic mass is 35.5. The van der Waals surface area contributed by atoms with Gasteiger partial charge in [0.25, 0.3) is 0 Å². The zero-order valence-electron chi connectivity index (χ0n) is 13.2. The Kier molecular flexibility index (Phi) is 5.71. The summed E-state index contributed by atoms with van der Waals surface area (Å²) in [6, 6.07) is 1.34. The van der Waals surface area contributed by atoms with Crippen LogP contribution in [-0.4, -0.2) is 42.4 Å². The third kappa shape index (κ3) is 4.32. The van der Waals surface area contributed by atoms with Gasteiger partial charge in [0.05, 0.1) is 6.61 Å². The van der Waals surface area contributed by atoms with E-state index in [9.17, 15) is 0 Å². The summed E-state index contributed by atoms with van der Waals surface area (Å²) in [5, 5.41) is 3.62. The molecule has 2 fully saturated rings. The summed E-state index contributed by atoms with van der Waals surface area (Å²) in [6.45, 7) is 14.5. The summed E-state index contributed by atoms with van der Waals surface area (Å²) in [7, 11) is 0. The van der Waals surface area contributed by atoms with E-state index < -0.39 is 0 Å². The average Bonchev–Trinajstić information content (AvgIpc) is 2.71. The second-order valence-electron chi connectivity index (χ2n) is 7.37. The standard InChI is InChI=1S/C15H30N2O.ClH/c1-12(2)17-8-6-7-13(17)9-15(5)16-10-14(3,4)11-18-15;/h12-13,16H,6-11H2,1-5H3;1H. The highest BCUT2D eigenvalue weighted by Gasteiger charge is 2.39. The maximum atomic E-state index is 6.13. The summed E-state index contributed by atoms with van der Waals surface area (Å²) in [4.78, 5) is 2.63. The van der Waals surface area contributed by atoms with Crippen LogP contribution < -0.4 is 5.32 Å². The second kappa shape index (κ2) is 6.30. The van der Waals surface area contributed by atoms with E-state index >= 15 is 0 Å². The summed E-state index contributed by atoms with van der Waals surface area (Å²) in [5.41, 5.74) is 0.143. The van der Waals surface area contributed by atoms with E-state index in [-0.39, 0.29) is 23.5 Å². The van der Waals surface area contributed by atoms with Gasteiger partial charge in [0.15, 0.2) is 0 Å². The van der Waals surface area contributed by atoms with Crippen molar-refractivity contribution in [3.63, 3.8) is 0 Å². The lowest BCUT2D eigenvalue weighted by atomic mass is 9.90. The number of nitrogens with zero attached hydrogens (tertiary/aromatic N) is 1. The quantitative estimate of drug-likeness (QED) is 0.865. The van der Waals surface area contributed by atoms with Crippen LogP contribution in [0.4, 0.5) is 0 Å². The van der Waals surface area contributed by atoms with Crippen molar-refractivity contribution >= 4 is 12.4 Å². The lowest BCUT2D eigenvalue weighted by molar-refractivity contribution is -0.138. The van der Waals surface area contributed by atoms with Gasteiger partial charge in [-0.2, -0.15) is 0 Å². The number of hydrogen-bond acceptors (Lipinski definition) is 3. The first-order chi connectivity index (χ1) is 8.31. The third-order valence-electron chi connectivity index (χ3n) is 4.43. The molecule has 2 unspecified atom stereocenters. The van der Waals surface area contributed by atoms with E-state index in [0.29, 0.717) is 12.1 Å². The molecule has 4 heteroatoms. The van der Waals surface area contributed by atoms with Crippen molar-refractivity contribution in [1.29, 1.82) is 0 Å². The molecule has 0 bridgehead atoms. The van der Waals surface area contributed by atoms with Crippen LogP contribution in [0, 0.1) is 5.41 Å². The molecule has 2 aliphatic rings. The van der Waals surface area contributed by atoms with E-state index in [4.69, 9.17) is 4.74 Å². The molecule has 2 atom stereocenters. The summed E-state index contributed by atoms with van der Waals surface area (Å²) in [5.74, 6) is 0. The molecule has 0 aromatic carbocycles. The van der Waals surface area contributed by atoms with Gasteiger partial charge in [0.1, 0.15) is 5.72 Å². The van der Waals surface area contributed by atoms with E-state index in [0.717, 1.165) is 19.6 Å². The lowest BCUT2D eigenvalue weighted by Crippen LogP contribution is -2.58. The van der Waals surface area contributed by atoms with Crippen molar-refractivity contribution in [1.82, 2.24) is 10.2 Å². The van der Waals surface area contributed by atoms with Crippen molar-refractivity contribution in [3.05, 3.63) is 0 Å². The molecule has 2 heterocycles. The highest BCUT2D eigenvalue weighted by molar-refractivity contribution is 5.85. The van der Waals surface area contributed by atoms with E-state index in [1.807, 2.05) is 0 Å². The van der Waals surface area contributed by atoms with Gasteiger partial charge in [-0.3, -0.25) is 10.2 Å². The minimum Gasteiger partial charge on any atom is -0.360 e. The molecule has 0 radical (unpaired) electrons. The molecule has 2 rings (SSSR count). The Labute approximate surface area is 124 Å². The van der Waals surface area contributed by atoms with Crippen LogP contribution in [0.1, 0.15) is 53.9 Å². The molecule has 0 aromatic heterocycles. The van der Waals surface area contributed by atoms with Crippen LogP contribution in [0.2, 0.25) is 0 Å². The average molecular weight is 291 g/mol. The van der Waals surface area contributed by atoms with Crippen molar-refractivity contribution in [2.75, 3.05) is 19.7 Å². The van der Waals surface area contributed by atoms with Gasteiger partial charge < -0.3 is 4.74 Å². The van der Waals surface area contributed by atoms with E-state index in [1.54, 1.807) is 0 Å². The van der Waals surface area contributed by atoms with E-state index in [1.165, 1.54) is 19.4 Å². The normalized spacial score (nSPS) is 35.4. The topological polar surface area (TPSA) is 24.5 Å². The van der Waals surface area contributed by atoms with Crippen molar-refractivity contribution in [2.24, 2.45) is 5.41 Å². The Morgan fingerprint density at radius 3 is 2.53 bits per heavy atom. The molecule has 19 heavy (non-hydrogen) atoms. The minimum atomic E-state index is -0.127. The molecular formula is C15H31ClN2O. The fourth-order valence-corrected chi connectivity index (χ4v) is 3.22. The van der Waals surface area contributed by atoms with Crippen LogP contribution in [-0.2, 0) is 4.74 Å². The summed E-state index contributed by atoms with van der Waals surface area (Å²) in [6.07, 6.45) is 3.77. The van der Waals surface area contributed by atoms with Crippen LogP contribution in [0.5, 0.6) is 0 Å². The predicted molar refractivity (Wildman–Crippen MR) is 82.9 cm³/mol. The smallest absolute Gasteiger partial charge is 0.117 e. The van der Waals surface area contributed by atoms with Gasteiger partial charge in [0, 0.05) is 30.5 Å². The minimum absolute atomic E-state index is 0. The van der Waals surface area contributed by atoms with Crippen LogP contribution in [0.3, 0.4) is 0 Å². The Balaban J connectivity index is 0.00000180. The maximum Gasteiger partial charge on any atom is 0.117 e. The Morgan fingerprint density at radius 2 is 2.00 bits per heavy atom.